The van der Waals surface area contributed by atoms with Crippen LogP contribution in [0.2, 0.25) is 0 Å². The van der Waals surface area contributed by atoms with Crippen LogP contribution in [-0.2, 0) is 24.5 Å². The Bertz CT molecular complexity index is 1040. The molecular weight excluding hydrogens is 450 g/mol. The first kappa shape index (κ1) is 26.4. The number of alkyl carbamates (subject to hydrolysis) is 1. The molecule has 1 aliphatic heterocycles. The summed E-state index contributed by atoms with van der Waals surface area (Å²) < 4.78 is 10.4. The predicted molar refractivity (Wildman–Crippen MR) is 132 cm³/mol. The molecule has 35 heavy (non-hydrogen) atoms. The molecule has 2 N–H and O–H groups in total. The number of nitrogens with zero attached hydrogens (tertiary/aromatic N) is 2. The lowest BCUT2D eigenvalue weighted by atomic mass is 9.93. The van der Waals surface area contributed by atoms with E-state index >= 15 is 0 Å². The maximum Gasteiger partial charge on any atom is 0.413 e. The van der Waals surface area contributed by atoms with Gasteiger partial charge in [-0.05, 0) is 57.7 Å². The van der Waals surface area contributed by atoms with E-state index in [9.17, 15) is 19.5 Å². The second kappa shape index (κ2) is 10.6. The monoisotopic (exact) mass is 485 g/mol. The molecule has 1 fully saturated rings. The fraction of sp³-hybridized carbons (Fsp3) is 0.538. The second-order valence-corrected chi connectivity index (χ2v) is 9.89. The smallest absolute Gasteiger partial charge is 0.413 e. The average Bonchev–Trinajstić information content (AvgIpc) is 3.60. The van der Waals surface area contributed by atoms with Crippen LogP contribution in [0.3, 0.4) is 0 Å². The summed E-state index contributed by atoms with van der Waals surface area (Å²) in [6.45, 7) is 7.80. The van der Waals surface area contributed by atoms with Gasteiger partial charge in [-0.3, -0.25) is 14.9 Å². The van der Waals surface area contributed by atoms with Crippen molar-refractivity contribution >= 4 is 35.6 Å². The van der Waals surface area contributed by atoms with Gasteiger partial charge < -0.3 is 19.5 Å². The number of fused-ring (bicyclic) bond motifs is 1. The molecule has 0 spiro atoms. The molecule has 2 amide bonds. The maximum absolute atomic E-state index is 13.4. The lowest BCUT2D eigenvalue weighted by Gasteiger charge is -2.23. The van der Waals surface area contributed by atoms with Crippen molar-refractivity contribution in [3.63, 3.8) is 0 Å². The number of aliphatic imine (C=N–C) groups is 1. The van der Waals surface area contributed by atoms with Crippen LogP contribution in [0.1, 0.15) is 64.5 Å². The van der Waals surface area contributed by atoms with Crippen molar-refractivity contribution in [2.75, 3.05) is 26.8 Å². The summed E-state index contributed by atoms with van der Waals surface area (Å²) in [7, 11) is 1.38. The van der Waals surface area contributed by atoms with E-state index in [1.807, 2.05) is 25.1 Å². The number of carbonyl (C=O) groups is 3. The molecule has 0 unspecified atom stereocenters. The van der Waals surface area contributed by atoms with Crippen molar-refractivity contribution in [1.29, 1.82) is 0 Å². The quantitative estimate of drug-likeness (QED) is 0.571. The van der Waals surface area contributed by atoms with Crippen molar-refractivity contribution in [2.24, 2.45) is 4.99 Å². The lowest BCUT2D eigenvalue weighted by molar-refractivity contribution is -0.143. The lowest BCUT2D eigenvalue weighted by Crippen LogP contribution is -2.39. The molecule has 0 saturated heterocycles. The van der Waals surface area contributed by atoms with Crippen LogP contribution >= 0.6 is 0 Å². The van der Waals surface area contributed by atoms with Gasteiger partial charge in [0.15, 0.2) is 0 Å². The highest BCUT2D eigenvalue weighted by Gasteiger charge is 2.52. The minimum Gasteiger partial charge on any atom is -0.468 e. The standard InChI is InChI=1S/C26H35N3O6/c1-6-11-29(12-13-30)22(31)18-14-17-7-8-19(26(9-10-26)23(32)34-5)16-20(17)27-21(15-18)28-24(33)35-25(2,3)4/h7-8,14,16,30H,6,9-13,15H2,1-5H3,(H,27,28,33). The van der Waals surface area contributed by atoms with Crippen LogP contribution in [0.5, 0.6) is 0 Å². The number of carbonyl (C=O) groups excluding carboxylic acids is 3. The van der Waals surface area contributed by atoms with E-state index in [-0.39, 0.29) is 37.3 Å². The van der Waals surface area contributed by atoms with Crippen molar-refractivity contribution < 1.29 is 29.0 Å². The average molecular weight is 486 g/mol. The third kappa shape index (κ3) is 6.28. The summed E-state index contributed by atoms with van der Waals surface area (Å²) in [5.74, 6) is -0.254. The van der Waals surface area contributed by atoms with Gasteiger partial charge in [0.05, 0.1) is 24.8 Å². The molecule has 3 rings (SSSR count). The number of aliphatic hydroxyl groups is 1. The van der Waals surface area contributed by atoms with Crippen molar-refractivity contribution in [3.8, 4) is 0 Å². The third-order valence-electron chi connectivity index (χ3n) is 5.92. The number of nitrogens with one attached hydrogen (secondary N) is 1. The molecular formula is C26H35N3O6. The molecule has 1 heterocycles. The van der Waals surface area contributed by atoms with E-state index in [1.165, 1.54) is 7.11 Å². The molecule has 1 saturated carbocycles. The van der Waals surface area contributed by atoms with Crippen LogP contribution in [0.4, 0.5) is 10.5 Å². The Morgan fingerprint density at radius 1 is 1.20 bits per heavy atom. The first-order chi connectivity index (χ1) is 16.5. The minimum atomic E-state index is -0.702. The highest BCUT2D eigenvalue weighted by molar-refractivity contribution is 6.08. The number of amidine groups is 1. The number of benzene rings is 1. The zero-order valence-electron chi connectivity index (χ0n) is 21.1. The Morgan fingerprint density at radius 3 is 2.49 bits per heavy atom. The van der Waals surface area contributed by atoms with E-state index in [0.29, 0.717) is 36.2 Å². The van der Waals surface area contributed by atoms with Gasteiger partial charge in [0, 0.05) is 30.6 Å². The van der Waals surface area contributed by atoms with Crippen molar-refractivity contribution in [3.05, 3.63) is 34.9 Å². The second-order valence-electron chi connectivity index (χ2n) is 9.89. The van der Waals surface area contributed by atoms with Gasteiger partial charge in [-0.15, -0.1) is 0 Å². The molecule has 1 aromatic carbocycles. The molecule has 190 valence electrons. The number of amides is 2. The molecule has 2 aliphatic rings. The zero-order chi connectivity index (χ0) is 25.8. The van der Waals surface area contributed by atoms with Gasteiger partial charge in [-0.1, -0.05) is 19.1 Å². The summed E-state index contributed by atoms with van der Waals surface area (Å²) >= 11 is 0. The Labute approximate surface area is 206 Å². The summed E-state index contributed by atoms with van der Waals surface area (Å²) in [4.78, 5) is 44.5. The van der Waals surface area contributed by atoms with Crippen LogP contribution in [0, 0.1) is 0 Å². The fourth-order valence-electron chi connectivity index (χ4n) is 4.13. The zero-order valence-corrected chi connectivity index (χ0v) is 21.1. The molecule has 0 aromatic heterocycles. The number of hydrogen-bond donors (Lipinski definition) is 2. The Hall–Kier alpha value is -3.20. The normalized spacial score (nSPS) is 16.2. The highest BCUT2D eigenvalue weighted by atomic mass is 16.6. The van der Waals surface area contributed by atoms with Gasteiger partial charge >= 0.3 is 12.1 Å². The molecule has 9 heteroatoms. The van der Waals surface area contributed by atoms with Crippen molar-refractivity contribution in [2.45, 2.75) is 64.4 Å². The van der Waals surface area contributed by atoms with E-state index in [0.717, 1.165) is 12.0 Å². The summed E-state index contributed by atoms with van der Waals surface area (Å²) in [6.07, 6.45) is 3.29. The number of rotatable bonds is 7. The molecule has 0 atom stereocenters. The minimum absolute atomic E-state index is 0.0792. The highest BCUT2D eigenvalue weighted by Crippen LogP contribution is 2.50. The van der Waals surface area contributed by atoms with Crippen LogP contribution in [-0.4, -0.2) is 66.2 Å². The number of esters is 1. The first-order valence-electron chi connectivity index (χ1n) is 11.9. The number of methoxy groups -OCH3 is 1. The third-order valence-corrected chi connectivity index (χ3v) is 5.92. The van der Waals surface area contributed by atoms with E-state index < -0.39 is 17.1 Å². The first-order valence-corrected chi connectivity index (χ1v) is 11.9. The van der Waals surface area contributed by atoms with E-state index in [4.69, 9.17) is 9.47 Å². The summed E-state index contributed by atoms with van der Waals surface area (Å²) in [6, 6.07) is 5.51. The van der Waals surface area contributed by atoms with Crippen molar-refractivity contribution in [1.82, 2.24) is 10.2 Å². The topological polar surface area (TPSA) is 118 Å². The van der Waals surface area contributed by atoms with Gasteiger partial charge in [0.1, 0.15) is 11.4 Å². The molecule has 9 nitrogen and oxygen atoms in total. The number of aliphatic hydroxyl groups excluding tert-OH is 1. The Balaban J connectivity index is 2.02. The summed E-state index contributed by atoms with van der Waals surface area (Å²) in [5, 5.41) is 12.1. The number of ether oxygens (including phenoxy) is 2. The largest absolute Gasteiger partial charge is 0.468 e. The van der Waals surface area contributed by atoms with Gasteiger partial charge in [0.25, 0.3) is 0 Å². The van der Waals surface area contributed by atoms with E-state index in [1.54, 1.807) is 31.7 Å². The predicted octanol–water partition coefficient (Wildman–Crippen LogP) is 3.46. The molecule has 0 bridgehead atoms. The summed E-state index contributed by atoms with van der Waals surface area (Å²) in [5.41, 5.74) is 1.08. The van der Waals surface area contributed by atoms with Crippen LogP contribution in [0.25, 0.3) is 6.08 Å². The number of hydrogen-bond acceptors (Lipinski definition) is 7. The Kier molecular flexibility index (Phi) is 8.00. The van der Waals surface area contributed by atoms with E-state index in [2.05, 4.69) is 10.3 Å². The molecule has 1 aliphatic carbocycles. The SMILES string of the molecule is CCCN(CCO)C(=O)C1=Cc2ccc(C3(C(=O)OC)CC3)cc2N=C(NC(=O)OC(C)(C)C)C1. The molecule has 0 radical (unpaired) electrons. The fourth-order valence-corrected chi connectivity index (χ4v) is 4.13. The van der Waals surface area contributed by atoms with Crippen LogP contribution < -0.4 is 5.32 Å². The maximum atomic E-state index is 13.4. The Morgan fingerprint density at radius 2 is 1.91 bits per heavy atom. The molecule has 1 aromatic rings. The van der Waals surface area contributed by atoms with Gasteiger partial charge in [-0.2, -0.15) is 0 Å². The van der Waals surface area contributed by atoms with Gasteiger partial charge in [-0.25, -0.2) is 9.79 Å². The van der Waals surface area contributed by atoms with Gasteiger partial charge in [0.2, 0.25) is 5.91 Å². The van der Waals surface area contributed by atoms with Crippen LogP contribution in [0.15, 0.2) is 28.8 Å².